The van der Waals surface area contributed by atoms with Gasteiger partial charge in [-0.25, -0.2) is 0 Å². The molecule has 3 nitrogen and oxygen atoms in total. The van der Waals surface area contributed by atoms with Gasteiger partial charge < -0.3 is 11.1 Å². The predicted octanol–water partition coefficient (Wildman–Crippen LogP) is 2.00. The molecule has 1 saturated carbocycles. The van der Waals surface area contributed by atoms with Crippen molar-refractivity contribution in [3.05, 3.63) is 29.6 Å². The maximum atomic E-state index is 5.84. The molecule has 2 atom stereocenters. The van der Waals surface area contributed by atoms with E-state index in [1.165, 1.54) is 36.8 Å². The van der Waals surface area contributed by atoms with Gasteiger partial charge in [0.15, 0.2) is 0 Å². The van der Waals surface area contributed by atoms with Crippen molar-refractivity contribution >= 4 is 0 Å². The number of aromatic nitrogens is 1. The molecule has 0 saturated heterocycles. The standard InChI is InChI=1S/C14H23N3/c1-11-6-7-16-9-13(11)10-17-14-5-3-2-4-12(14)8-15/h6-7,9,12,14,17H,2-5,8,10,15H2,1H3. The van der Waals surface area contributed by atoms with Crippen molar-refractivity contribution in [2.24, 2.45) is 11.7 Å². The van der Waals surface area contributed by atoms with Crippen molar-refractivity contribution < 1.29 is 0 Å². The Hall–Kier alpha value is -0.930. The largest absolute Gasteiger partial charge is 0.330 e. The number of aryl methyl sites for hydroxylation is 1. The molecule has 1 heterocycles. The average molecular weight is 233 g/mol. The van der Waals surface area contributed by atoms with E-state index in [4.69, 9.17) is 5.73 Å². The number of hydrogen-bond acceptors (Lipinski definition) is 3. The lowest BCUT2D eigenvalue weighted by Gasteiger charge is -2.31. The fraction of sp³-hybridized carbons (Fsp3) is 0.643. The van der Waals surface area contributed by atoms with Crippen molar-refractivity contribution in [2.45, 2.75) is 45.2 Å². The van der Waals surface area contributed by atoms with Crippen LogP contribution in [0.5, 0.6) is 0 Å². The van der Waals surface area contributed by atoms with Gasteiger partial charge in [-0.15, -0.1) is 0 Å². The number of rotatable bonds is 4. The zero-order valence-corrected chi connectivity index (χ0v) is 10.7. The summed E-state index contributed by atoms with van der Waals surface area (Å²) in [4.78, 5) is 4.18. The Kier molecular flexibility index (Phi) is 4.51. The summed E-state index contributed by atoms with van der Waals surface area (Å²) in [5, 5.41) is 3.66. The molecule has 1 fully saturated rings. The Morgan fingerprint density at radius 2 is 2.24 bits per heavy atom. The molecule has 0 aliphatic heterocycles. The zero-order chi connectivity index (χ0) is 12.1. The molecule has 2 unspecified atom stereocenters. The topological polar surface area (TPSA) is 50.9 Å². The second-order valence-electron chi connectivity index (χ2n) is 5.07. The van der Waals surface area contributed by atoms with E-state index in [2.05, 4.69) is 23.3 Å². The highest BCUT2D eigenvalue weighted by Crippen LogP contribution is 2.23. The van der Waals surface area contributed by atoms with Crippen LogP contribution in [0.3, 0.4) is 0 Å². The highest BCUT2D eigenvalue weighted by Gasteiger charge is 2.23. The van der Waals surface area contributed by atoms with Gasteiger partial charge in [0, 0.05) is 25.0 Å². The van der Waals surface area contributed by atoms with E-state index >= 15 is 0 Å². The van der Waals surface area contributed by atoms with E-state index in [1.54, 1.807) is 0 Å². The molecule has 1 aromatic heterocycles. The van der Waals surface area contributed by atoms with Gasteiger partial charge in [-0.3, -0.25) is 4.98 Å². The molecule has 3 N–H and O–H groups in total. The highest BCUT2D eigenvalue weighted by molar-refractivity contribution is 5.21. The first-order valence-corrected chi connectivity index (χ1v) is 6.64. The fourth-order valence-corrected chi connectivity index (χ4v) is 2.68. The smallest absolute Gasteiger partial charge is 0.0315 e. The number of nitrogens with one attached hydrogen (secondary N) is 1. The van der Waals surface area contributed by atoms with E-state index in [0.717, 1.165) is 13.1 Å². The third kappa shape index (κ3) is 3.27. The third-order valence-corrected chi connectivity index (χ3v) is 3.91. The van der Waals surface area contributed by atoms with Crippen molar-refractivity contribution in [1.82, 2.24) is 10.3 Å². The van der Waals surface area contributed by atoms with Crippen LogP contribution in [0.15, 0.2) is 18.5 Å². The Balaban J connectivity index is 1.90. The summed E-state index contributed by atoms with van der Waals surface area (Å²) in [6, 6.07) is 2.66. The second-order valence-corrected chi connectivity index (χ2v) is 5.07. The van der Waals surface area contributed by atoms with Crippen molar-refractivity contribution in [3.63, 3.8) is 0 Å². The first kappa shape index (κ1) is 12.5. The summed E-state index contributed by atoms with van der Waals surface area (Å²) in [5.41, 5.74) is 8.45. The van der Waals surface area contributed by atoms with Crippen LogP contribution >= 0.6 is 0 Å². The summed E-state index contributed by atoms with van der Waals surface area (Å²) in [6.45, 7) is 3.87. The van der Waals surface area contributed by atoms with Crippen LogP contribution in [-0.4, -0.2) is 17.6 Å². The summed E-state index contributed by atoms with van der Waals surface area (Å²) in [7, 11) is 0. The fourth-order valence-electron chi connectivity index (χ4n) is 2.68. The van der Waals surface area contributed by atoms with Gasteiger partial charge >= 0.3 is 0 Å². The molecule has 0 spiro atoms. The van der Waals surface area contributed by atoms with E-state index in [0.29, 0.717) is 12.0 Å². The minimum Gasteiger partial charge on any atom is -0.330 e. The van der Waals surface area contributed by atoms with Crippen molar-refractivity contribution in [3.8, 4) is 0 Å². The summed E-state index contributed by atoms with van der Waals surface area (Å²) in [6.07, 6.45) is 9.03. The quantitative estimate of drug-likeness (QED) is 0.836. The monoisotopic (exact) mass is 233 g/mol. The minimum absolute atomic E-state index is 0.591. The normalized spacial score (nSPS) is 24.8. The molecule has 0 aromatic carbocycles. The Morgan fingerprint density at radius 3 is 3.00 bits per heavy atom. The minimum atomic E-state index is 0.591. The first-order chi connectivity index (χ1) is 8.31. The summed E-state index contributed by atoms with van der Waals surface area (Å²) >= 11 is 0. The van der Waals surface area contributed by atoms with Gasteiger partial charge in [0.25, 0.3) is 0 Å². The highest BCUT2D eigenvalue weighted by atomic mass is 14.9. The van der Waals surface area contributed by atoms with Gasteiger partial charge in [0.2, 0.25) is 0 Å². The van der Waals surface area contributed by atoms with E-state index < -0.39 is 0 Å². The van der Waals surface area contributed by atoms with Gasteiger partial charge in [-0.2, -0.15) is 0 Å². The van der Waals surface area contributed by atoms with Gasteiger partial charge in [-0.1, -0.05) is 12.8 Å². The zero-order valence-electron chi connectivity index (χ0n) is 10.7. The van der Waals surface area contributed by atoms with Gasteiger partial charge in [-0.05, 0) is 49.4 Å². The van der Waals surface area contributed by atoms with E-state index in [9.17, 15) is 0 Å². The molecule has 0 bridgehead atoms. The molecule has 1 aliphatic carbocycles. The number of hydrogen-bond donors (Lipinski definition) is 2. The number of pyridine rings is 1. The van der Waals surface area contributed by atoms with Crippen LogP contribution in [0.2, 0.25) is 0 Å². The molecule has 0 radical (unpaired) electrons. The molecular weight excluding hydrogens is 210 g/mol. The molecule has 1 aliphatic rings. The van der Waals surface area contributed by atoms with Crippen LogP contribution in [-0.2, 0) is 6.54 Å². The van der Waals surface area contributed by atoms with Crippen LogP contribution in [0.4, 0.5) is 0 Å². The van der Waals surface area contributed by atoms with Crippen molar-refractivity contribution in [1.29, 1.82) is 0 Å². The van der Waals surface area contributed by atoms with Gasteiger partial charge in [0.05, 0.1) is 0 Å². The van der Waals surface area contributed by atoms with Crippen LogP contribution in [0.25, 0.3) is 0 Å². The van der Waals surface area contributed by atoms with E-state index in [1.807, 2.05) is 12.4 Å². The molecule has 1 aromatic rings. The maximum absolute atomic E-state index is 5.84. The second kappa shape index (κ2) is 6.12. The third-order valence-electron chi connectivity index (χ3n) is 3.91. The van der Waals surface area contributed by atoms with Gasteiger partial charge in [0.1, 0.15) is 0 Å². The number of nitrogens with two attached hydrogens (primary N) is 1. The summed E-state index contributed by atoms with van der Waals surface area (Å²) in [5.74, 6) is 0.653. The molecule has 3 heteroatoms. The molecule has 94 valence electrons. The molecular formula is C14H23N3. The lowest BCUT2D eigenvalue weighted by atomic mass is 9.84. The van der Waals surface area contributed by atoms with Crippen LogP contribution in [0, 0.1) is 12.8 Å². The van der Waals surface area contributed by atoms with Crippen LogP contribution in [0.1, 0.15) is 36.8 Å². The SMILES string of the molecule is Cc1ccncc1CNC1CCCCC1CN. The lowest BCUT2D eigenvalue weighted by Crippen LogP contribution is -2.41. The Morgan fingerprint density at radius 1 is 1.41 bits per heavy atom. The first-order valence-electron chi connectivity index (χ1n) is 6.64. The number of nitrogens with zero attached hydrogens (tertiary/aromatic N) is 1. The predicted molar refractivity (Wildman–Crippen MR) is 70.6 cm³/mol. The lowest BCUT2D eigenvalue weighted by molar-refractivity contribution is 0.266. The molecule has 0 amide bonds. The van der Waals surface area contributed by atoms with Crippen molar-refractivity contribution in [2.75, 3.05) is 6.54 Å². The maximum Gasteiger partial charge on any atom is 0.0315 e. The van der Waals surface area contributed by atoms with Crippen LogP contribution < -0.4 is 11.1 Å². The summed E-state index contributed by atoms with van der Waals surface area (Å²) < 4.78 is 0. The Labute approximate surface area is 104 Å². The average Bonchev–Trinajstić information content (AvgIpc) is 2.38. The van der Waals surface area contributed by atoms with E-state index in [-0.39, 0.29) is 0 Å². The Bertz CT molecular complexity index is 351. The molecule has 2 rings (SSSR count). The molecule has 17 heavy (non-hydrogen) atoms.